The van der Waals surface area contributed by atoms with E-state index in [1.807, 2.05) is 35.8 Å². The number of amides is 1. The summed E-state index contributed by atoms with van der Waals surface area (Å²) in [6.07, 6.45) is 3.18. The predicted octanol–water partition coefficient (Wildman–Crippen LogP) is 5.82. The Labute approximate surface area is 202 Å². The van der Waals surface area contributed by atoms with Crippen molar-refractivity contribution in [3.63, 3.8) is 0 Å². The van der Waals surface area contributed by atoms with Crippen LogP contribution < -0.4 is 10.1 Å². The smallest absolute Gasteiger partial charge is 0.234 e. The standard InChI is InChI=1S/C23H24Cl2N4O2S/c1-3-12-29-21(9-6-13-31-20-11-10-17(24)14-18(20)25)27-28-23(29)32-15-22(30)26-19-8-5-4-7-16(19)2/h3-5,7-8,10-11,14H,1,6,9,12-13,15H2,2H3,(H,26,30). The van der Waals surface area contributed by atoms with Crippen LogP contribution in [0.25, 0.3) is 0 Å². The van der Waals surface area contributed by atoms with E-state index < -0.39 is 0 Å². The van der Waals surface area contributed by atoms with Gasteiger partial charge in [-0.2, -0.15) is 0 Å². The largest absolute Gasteiger partial charge is 0.492 e. The van der Waals surface area contributed by atoms with Crippen molar-refractivity contribution in [1.82, 2.24) is 14.8 Å². The minimum absolute atomic E-state index is 0.0905. The second kappa shape index (κ2) is 11.9. The van der Waals surface area contributed by atoms with Crippen molar-refractivity contribution in [1.29, 1.82) is 0 Å². The fourth-order valence-corrected chi connectivity index (χ4v) is 4.19. The summed E-state index contributed by atoms with van der Waals surface area (Å²) in [6.45, 7) is 6.81. The number of nitrogens with zero attached hydrogens (tertiary/aromatic N) is 3. The minimum Gasteiger partial charge on any atom is -0.492 e. The van der Waals surface area contributed by atoms with Crippen LogP contribution in [0, 0.1) is 6.92 Å². The topological polar surface area (TPSA) is 69.0 Å². The predicted molar refractivity (Wildman–Crippen MR) is 131 cm³/mol. The van der Waals surface area contributed by atoms with Gasteiger partial charge < -0.3 is 14.6 Å². The van der Waals surface area contributed by atoms with Gasteiger partial charge in [-0.3, -0.25) is 4.79 Å². The first-order chi connectivity index (χ1) is 15.5. The highest BCUT2D eigenvalue weighted by molar-refractivity contribution is 7.99. The van der Waals surface area contributed by atoms with Crippen molar-refractivity contribution in [2.75, 3.05) is 17.7 Å². The third-order valence-electron chi connectivity index (χ3n) is 4.55. The Hall–Kier alpha value is -2.48. The summed E-state index contributed by atoms with van der Waals surface area (Å²) in [4.78, 5) is 12.4. The van der Waals surface area contributed by atoms with Crippen LogP contribution in [0.4, 0.5) is 5.69 Å². The second-order valence-corrected chi connectivity index (χ2v) is 8.76. The summed E-state index contributed by atoms with van der Waals surface area (Å²) in [5.74, 6) is 1.56. The van der Waals surface area contributed by atoms with E-state index in [0.29, 0.717) is 40.5 Å². The second-order valence-electron chi connectivity index (χ2n) is 6.98. The van der Waals surface area contributed by atoms with Crippen LogP contribution in [0.15, 0.2) is 60.3 Å². The summed E-state index contributed by atoms with van der Waals surface area (Å²) in [5.41, 5.74) is 1.83. The normalized spacial score (nSPS) is 10.7. The number of aryl methyl sites for hydroxylation is 2. The van der Waals surface area contributed by atoms with E-state index in [0.717, 1.165) is 23.5 Å². The zero-order valence-corrected chi connectivity index (χ0v) is 20.0. The number of halogens is 2. The molecule has 1 N–H and O–H groups in total. The van der Waals surface area contributed by atoms with E-state index in [2.05, 4.69) is 22.1 Å². The van der Waals surface area contributed by atoms with Crippen LogP contribution in [0.5, 0.6) is 5.75 Å². The lowest BCUT2D eigenvalue weighted by molar-refractivity contribution is -0.113. The first kappa shape index (κ1) is 24.2. The van der Waals surface area contributed by atoms with Gasteiger partial charge in [0.05, 0.1) is 17.4 Å². The summed E-state index contributed by atoms with van der Waals surface area (Å²) >= 11 is 13.4. The number of carbonyl (C=O) groups is 1. The quantitative estimate of drug-likeness (QED) is 0.208. The minimum atomic E-state index is -0.0905. The number of ether oxygens (including phenoxy) is 1. The first-order valence-electron chi connectivity index (χ1n) is 10.1. The van der Waals surface area contributed by atoms with Crippen LogP contribution in [-0.4, -0.2) is 33.0 Å². The number of rotatable bonds is 11. The average molecular weight is 491 g/mol. The molecule has 0 aliphatic rings. The van der Waals surface area contributed by atoms with Crippen LogP contribution in [0.3, 0.4) is 0 Å². The number of anilines is 1. The number of thioether (sulfide) groups is 1. The summed E-state index contributed by atoms with van der Waals surface area (Å²) in [7, 11) is 0. The lowest BCUT2D eigenvalue weighted by atomic mass is 10.2. The molecule has 3 rings (SSSR count). The van der Waals surface area contributed by atoms with Crippen molar-refractivity contribution < 1.29 is 9.53 Å². The Kier molecular flexibility index (Phi) is 9.02. The molecule has 0 fully saturated rings. The van der Waals surface area contributed by atoms with Gasteiger partial charge >= 0.3 is 0 Å². The SMILES string of the molecule is C=CCn1c(CCCOc2ccc(Cl)cc2Cl)nnc1SCC(=O)Nc1ccccc1C. The number of hydrogen-bond acceptors (Lipinski definition) is 5. The molecule has 1 heterocycles. The molecule has 32 heavy (non-hydrogen) atoms. The van der Waals surface area contributed by atoms with Crippen LogP contribution >= 0.6 is 35.0 Å². The molecule has 6 nitrogen and oxygen atoms in total. The highest BCUT2D eigenvalue weighted by atomic mass is 35.5. The summed E-state index contributed by atoms with van der Waals surface area (Å²) < 4.78 is 7.71. The van der Waals surface area contributed by atoms with Gasteiger partial charge in [-0.05, 0) is 43.2 Å². The molecule has 168 valence electrons. The zero-order valence-electron chi connectivity index (χ0n) is 17.7. The Bertz CT molecular complexity index is 1090. The molecule has 0 saturated heterocycles. The molecule has 0 saturated carbocycles. The molecule has 0 unspecified atom stereocenters. The van der Waals surface area contributed by atoms with Gasteiger partial charge in [0.15, 0.2) is 5.16 Å². The van der Waals surface area contributed by atoms with E-state index in [1.54, 1.807) is 24.3 Å². The highest BCUT2D eigenvalue weighted by Gasteiger charge is 2.14. The Balaban J connectivity index is 1.53. The monoisotopic (exact) mass is 490 g/mol. The molecule has 0 spiro atoms. The Morgan fingerprint density at radius 3 is 2.81 bits per heavy atom. The maximum absolute atomic E-state index is 12.4. The van der Waals surface area contributed by atoms with Gasteiger partial charge in [0.2, 0.25) is 5.91 Å². The summed E-state index contributed by atoms with van der Waals surface area (Å²) in [5, 5.41) is 13.2. The molecule has 3 aromatic rings. The molecular weight excluding hydrogens is 467 g/mol. The van der Waals surface area contributed by atoms with Gasteiger partial charge in [-0.25, -0.2) is 0 Å². The number of aromatic nitrogens is 3. The average Bonchev–Trinajstić information content (AvgIpc) is 3.14. The van der Waals surface area contributed by atoms with Crippen molar-refractivity contribution >= 4 is 46.6 Å². The maximum atomic E-state index is 12.4. The fraction of sp³-hybridized carbons (Fsp3) is 0.261. The molecular formula is C23H24Cl2N4O2S. The third-order valence-corrected chi connectivity index (χ3v) is 6.05. The van der Waals surface area contributed by atoms with Gasteiger partial charge in [0, 0.05) is 23.7 Å². The van der Waals surface area contributed by atoms with E-state index in [4.69, 9.17) is 27.9 Å². The Morgan fingerprint density at radius 2 is 2.06 bits per heavy atom. The van der Waals surface area contributed by atoms with E-state index >= 15 is 0 Å². The van der Waals surface area contributed by atoms with Crippen LogP contribution in [-0.2, 0) is 17.8 Å². The third kappa shape index (κ3) is 6.76. The van der Waals surface area contributed by atoms with Crippen molar-refractivity contribution in [3.05, 3.63) is 76.6 Å². The van der Waals surface area contributed by atoms with Gasteiger partial charge in [0.25, 0.3) is 0 Å². The summed E-state index contributed by atoms with van der Waals surface area (Å²) in [6, 6.07) is 12.8. The van der Waals surface area contributed by atoms with Gasteiger partial charge in [-0.1, -0.05) is 59.2 Å². The number of para-hydroxylation sites is 1. The number of carbonyl (C=O) groups excluding carboxylic acids is 1. The van der Waals surface area contributed by atoms with Gasteiger partial charge in [0.1, 0.15) is 11.6 Å². The first-order valence-corrected chi connectivity index (χ1v) is 11.8. The number of allylic oxidation sites excluding steroid dienone is 1. The molecule has 0 atom stereocenters. The van der Waals surface area contributed by atoms with Crippen molar-refractivity contribution in [2.24, 2.45) is 0 Å². The molecule has 1 aromatic heterocycles. The molecule has 2 aromatic carbocycles. The van der Waals surface area contributed by atoms with Crippen LogP contribution in [0.2, 0.25) is 10.0 Å². The molecule has 0 aliphatic heterocycles. The van der Waals surface area contributed by atoms with E-state index in [9.17, 15) is 4.79 Å². The number of hydrogen-bond donors (Lipinski definition) is 1. The molecule has 0 radical (unpaired) electrons. The maximum Gasteiger partial charge on any atom is 0.234 e. The number of benzene rings is 2. The lowest BCUT2D eigenvalue weighted by Crippen LogP contribution is -2.15. The molecule has 0 aliphatic carbocycles. The lowest BCUT2D eigenvalue weighted by Gasteiger charge is -2.10. The van der Waals surface area contributed by atoms with E-state index in [-0.39, 0.29) is 11.7 Å². The Morgan fingerprint density at radius 1 is 1.25 bits per heavy atom. The van der Waals surface area contributed by atoms with Crippen LogP contribution in [0.1, 0.15) is 17.8 Å². The van der Waals surface area contributed by atoms with Crippen molar-refractivity contribution in [2.45, 2.75) is 31.5 Å². The van der Waals surface area contributed by atoms with Crippen molar-refractivity contribution in [3.8, 4) is 5.75 Å². The molecule has 1 amide bonds. The highest BCUT2D eigenvalue weighted by Crippen LogP contribution is 2.27. The number of nitrogens with one attached hydrogen (secondary N) is 1. The van der Waals surface area contributed by atoms with E-state index in [1.165, 1.54) is 11.8 Å². The molecule has 0 bridgehead atoms. The zero-order chi connectivity index (χ0) is 22.9. The van der Waals surface area contributed by atoms with Gasteiger partial charge in [-0.15, -0.1) is 16.8 Å². The molecule has 9 heteroatoms. The fourth-order valence-electron chi connectivity index (χ4n) is 2.96.